The predicted octanol–water partition coefficient (Wildman–Crippen LogP) is 3.43. The van der Waals surface area contributed by atoms with Gasteiger partial charge in [-0.25, -0.2) is 4.89 Å². The van der Waals surface area contributed by atoms with Crippen molar-refractivity contribution in [2.45, 2.75) is 65.4 Å². The first-order chi connectivity index (χ1) is 7.10. The van der Waals surface area contributed by atoms with Crippen molar-refractivity contribution in [1.29, 1.82) is 0 Å². The maximum absolute atomic E-state index is 11.5. The van der Waals surface area contributed by atoms with Gasteiger partial charge in [-0.3, -0.25) is 10.1 Å². The lowest BCUT2D eigenvalue weighted by atomic mass is 10.00. The van der Waals surface area contributed by atoms with E-state index in [1.807, 2.05) is 13.8 Å². The molecule has 15 heavy (non-hydrogen) atoms. The van der Waals surface area contributed by atoms with Gasteiger partial charge in [-0.2, -0.15) is 0 Å². The van der Waals surface area contributed by atoms with Crippen LogP contribution >= 0.6 is 0 Å². The van der Waals surface area contributed by atoms with Crippen LogP contribution in [-0.4, -0.2) is 17.1 Å². The van der Waals surface area contributed by atoms with Crippen molar-refractivity contribution in [3.05, 3.63) is 0 Å². The smallest absolute Gasteiger partial charge is 0.135 e. The van der Waals surface area contributed by atoms with E-state index in [1.165, 1.54) is 0 Å². The highest BCUT2D eigenvalue weighted by molar-refractivity contribution is 5.79. The molecule has 0 aromatic rings. The summed E-state index contributed by atoms with van der Waals surface area (Å²) in [7, 11) is 0. The standard InChI is InChI=1S/C12H24O3/c1-4-5-6-7-12(15-14)9-11(13)8-10(2)3/h10,12,14H,4-9H2,1-3H3/t12-/m1/s1. The largest absolute Gasteiger partial charge is 0.300 e. The van der Waals surface area contributed by atoms with Crippen LogP contribution in [0.1, 0.15) is 59.3 Å². The van der Waals surface area contributed by atoms with Gasteiger partial charge in [0.2, 0.25) is 0 Å². The summed E-state index contributed by atoms with van der Waals surface area (Å²) in [6.45, 7) is 6.16. The Hall–Kier alpha value is -0.410. The zero-order valence-corrected chi connectivity index (χ0v) is 10.2. The second-order valence-corrected chi connectivity index (χ2v) is 4.56. The second kappa shape index (κ2) is 8.86. The van der Waals surface area contributed by atoms with E-state index in [-0.39, 0.29) is 11.9 Å². The van der Waals surface area contributed by atoms with Crippen molar-refractivity contribution in [3.63, 3.8) is 0 Å². The van der Waals surface area contributed by atoms with Gasteiger partial charge in [-0.15, -0.1) is 0 Å². The van der Waals surface area contributed by atoms with Crippen molar-refractivity contribution >= 4 is 5.78 Å². The molecule has 0 spiro atoms. The maximum atomic E-state index is 11.5. The first-order valence-electron chi connectivity index (χ1n) is 5.92. The minimum Gasteiger partial charge on any atom is -0.300 e. The van der Waals surface area contributed by atoms with Gasteiger partial charge in [0, 0.05) is 12.8 Å². The van der Waals surface area contributed by atoms with E-state index >= 15 is 0 Å². The summed E-state index contributed by atoms with van der Waals surface area (Å²) in [5.41, 5.74) is 0. The Balaban J connectivity index is 3.72. The third-order valence-electron chi connectivity index (χ3n) is 2.37. The molecule has 1 N–H and O–H groups in total. The third-order valence-corrected chi connectivity index (χ3v) is 2.37. The van der Waals surface area contributed by atoms with Gasteiger partial charge >= 0.3 is 0 Å². The van der Waals surface area contributed by atoms with Crippen LogP contribution in [0.5, 0.6) is 0 Å². The first kappa shape index (κ1) is 14.6. The van der Waals surface area contributed by atoms with Gasteiger partial charge in [0.15, 0.2) is 0 Å². The molecule has 0 aliphatic rings. The fraction of sp³-hybridized carbons (Fsp3) is 0.917. The van der Waals surface area contributed by atoms with E-state index in [4.69, 9.17) is 5.26 Å². The third kappa shape index (κ3) is 8.58. The van der Waals surface area contributed by atoms with Gasteiger partial charge < -0.3 is 0 Å². The molecule has 0 heterocycles. The monoisotopic (exact) mass is 216 g/mol. The SMILES string of the molecule is CCCCC[C@H](CC(=O)CC(C)C)OO. The van der Waals surface area contributed by atoms with Crippen molar-refractivity contribution in [2.24, 2.45) is 5.92 Å². The van der Waals surface area contributed by atoms with Gasteiger partial charge in [-0.05, 0) is 12.3 Å². The molecule has 3 nitrogen and oxygen atoms in total. The Bertz CT molecular complexity index is 166. The lowest BCUT2D eigenvalue weighted by molar-refractivity contribution is -0.279. The molecule has 0 saturated heterocycles. The number of rotatable bonds is 9. The van der Waals surface area contributed by atoms with E-state index in [0.29, 0.717) is 18.8 Å². The zero-order valence-electron chi connectivity index (χ0n) is 10.2. The number of hydrogen-bond acceptors (Lipinski definition) is 3. The van der Waals surface area contributed by atoms with Gasteiger partial charge in [0.1, 0.15) is 5.78 Å². The average molecular weight is 216 g/mol. The quantitative estimate of drug-likeness (QED) is 0.365. The van der Waals surface area contributed by atoms with Crippen molar-refractivity contribution in [3.8, 4) is 0 Å². The highest BCUT2D eigenvalue weighted by atomic mass is 17.1. The molecule has 1 atom stereocenters. The van der Waals surface area contributed by atoms with E-state index in [0.717, 1.165) is 25.7 Å². The molecule has 90 valence electrons. The molecule has 0 aliphatic carbocycles. The number of Topliss-reactive ketones (excluding diaryl/α,β-unsaturated/α-hetero) is 1. The number of ketones is 1. The fourth-order valence-corrected chi connectivity index (χ4v) is 1.61. The molecule has 3 heteroatoms. The van der Waals surface area contributed by atoms with Crippen molar-refractivity contribution in [1.82, 2.24) is 0 Å². The van der Waals surface area contributed by atoms with Crippen LogP contribution < -0.4 is 0 Å². The highest BCUT2D eigenvalue weighted by Gasteiger charge is 2.15. The Kier molecular flexibility index (Phi) is 8.62. The summed E-state index contributed by atoms with van der Waals surface area (Å²) in [6.07, 6.45) is 4.66. The Labute approximate surface area is 92.8 Å². The van der Waals surface area contributed by atoms with Crippen LogP contribution in [0.3, 0.4) is 0 Å². The molecule has 0 radical (unpaired) electrons. The number of carbonyl (C=O) groups is 1. The molecular formula is C12H24O3. The minimum absolute atomic E-state index is 0.181. The zero-order chi connectivity index (χ0) is 11.7. The van der Waals surface area contributed by atoms with Crippen LogP contribution in [-0.2, 0) is 9.68 Å². The molecule has 0 aromatic carbocycles. The molecular weight excluding hydrogens is 192 g/mol. The van der Waals surface area contributed by atoms with Crippen LogP contribution in [0.2, 0.25) is 0 Å². The van der Waals surface area contributed by atoms with Gasteiger partial charge in [0.05, 0.1) is 6.10 Å². The lowest BCUT2D eigenvalue weighted by Crippen LogP contribution is -2.17. The second-order valence-electron chi connectivity index (χ2n) is 4.56. The summed E-state index contributed by atoms with van der Waals surface area (Å²) in [6, 6.07) is 0. The summed E-state index contributed by atoms with van der Waals surface area (Å²) in [5, 5.41) is 8.66. The molecule has 0 aromatic heterocycles. The topological polar surface area (TPSA) is 46.5 Å². The number of hydrogen-bond donors (Lipinski definition) is 1. The summed E-state index contributed by atoms with van der Waals surface area (Å²) in [4.78, 5) is 15.8. The van der Waals surface area contributed by atoms with E-state index in [9.17, 15) is 4.79 Å². The molecule has 0 rings (SSSR count). The summed E-state index contributed by atoms with van der Waals surface area (Å²) in [5.74, 6) is 0.563. The van der Waals surface area contributed by atoms with Crippen molar-refractivity contribution < 1.29 is 14.9 Å². The van der Waals surface area contributed by atoms with E-state index < -0.39 is 0 Å². The van der Waals surface area contributed by atoms with E-state index in [1.54, 1.807) is 0 Å². The summed E-state index contributed by atoms with van der Waals surface area (Å²) < 4.78 is 0. The molecule has 0 unspecified atom stereocenters. The molecule has 0 bridgehead atoms. The Morgan fingerprint density at radius 2 is 1.93 bits per heavy atom. The number of carbonyl (C=O) groups excluding carboxylic acids is 1. The average Bonchev–Trinajstić information content (AvgIpc) is 2.15. The number of unbranched alkanes of at least 4 members (excludes halogenated alkanes) is 2. The first-order valence-corrected chi connectivity index (χ1v) is 5.92. The summed E-state index contributed by atoms with van der Waals surface area (Å²) >= 11 is 0. The van der Waals surface area contributed by atoms with Crippen molar-refractivity contribution in [2.75, 3.05) is 0 Å². The van der Waals surface area contributed by atoms with Crippen LogP contribution in [0.15, 0.2) is 0 Å². The molecule has 0 fully saturated rings. The van der Waals surface area contributed by atoms with Gasteiger partial charge in [0.25, 0.3) is 0 Å². The Morgan fingerprint density at radius 1 is 1.27 bits per heavy atom. The highest BCUT2D eigenvalue weighted by Crippen LogP contribution is 2.12. The van der Waals surface area contributed by atoms with Crippen LogP contribution in [0.25, 0.3) is 0 Å². The van der Waals surface area contributed by atoms with Crippen LogP contribution in [0.4, 0.5) is 0 Å². The minimum atomic E-state index is -0.303. The predicted molar refractivity (Wildman–Crippen MR) is 60.7 cm³/mol. The molecule has 0 saturated carbocycles. The maximum Gasteiger partial charge on any atom is 0.135 e. The van der Waals surface area contributed by atoms with Gasteiger partial charge in [-0.1, -0.05) is 40.0 Å². The molecule has 0 amide bonds. The van der Waals surface area contributed by atoms with E-state index in [2.05, 4.69) is 11.8 Å². The Morgan fingerprint density at radius 3 is 2.40 bits per heavy atom. The fourth-order valence-electron chi connectivity index (χ4n) is 1.61. The molecule has 0 aliphatic heterocycles. The lowest BCUT2D eigenvalue weighted by Gasteiger charge is -2.12. The van der Waals surface area contributed by atoms with Crippen LogP contribution in [0, 0.1) is 5.92 Å². The normalized spacial score (nSPS) is 13.1.